The molecule has 8 heteroatoms. The molecule has 4 N–H and O–H groups in total. The van der Waals surface area contributed by atoms with E-state index in [0.29, 0.717) is 44.6 Å². The molecular formula is C26H35N3O5. The number of carbonyl (C=O) groups is 2. The van der Waals surface area contributed by atoms with Crippen molar-refractivity contribution < 1.29 is 24.9 Å². The molecular weight excluding hydrogens is 434 g/mol. The molecule has 0 spiro atoms. The lowest BCUT2D eigenvalue weighted by atomic mass is 9.93. The first-order chi connectivity index (χ1) is 16.0. The number of benzene rings is 2. The van der Waals surface area contributed by atoms with Crippen LogP contribution >= 0.6 is 0 Å². The number of carbonyl (C=O) groups excluding carboxylic acids is 2. The van der Waals surface area contributed by atoms with Gasteiger partial charge >= 0.3 is 0 Å². The fraction of sp³-hybridized carbons (Fsp3) is 0.462. The van der Waals surface area contributed by atoms with E-state index in [1.807, 2.05) is 43.0 Å². The number of nitrogens with one attached hydrogen (secondary N) is 1. The van der Waals surface area contributed by atoms with Crippen molar-refractivity contribution in [3.05, 3.63) is 59.2 Å². The molecule has 2 amide bonds. The predicted octanol–water partition coefficient (Wildman–Crippen LogP) is 1.98. The second-order valence-corrected chi connectivity index (χ2v) is 9.62. The lowest BCUT2D eigenvalue weighted by Crippen LogP contribution is -2.50. The molecule has 1 fully saturated rings. The van der Waals surface area contributed by atoms with Crippen LogP contribution in [0, 0.1) is 0 Å². The second-order valence-electron chi connectivity index (χ2n) is 9.62. The van der Waals surface area contributed by atoms with Gasteiger partial charge in [0.2, 0.25) is 11.8 Å². The molecule has 1 aliphatic rings. The van der Waals surface area contributed by atoms with Crippen LogP contribution in [0.1, 0.15) is 43.6 Å². The highest BCUT2D eigenvalue weighted by atomic mass is 16.3. The van der Waals surface area contributed by atoms with Crippen LogP contribution in [-0.4, -0.2) is 75.2 Å². The zero-order chi connectivity index (χ0) is 24.9. The van der Waals surface area contributed by atoms with Crippen LogP contribution in [0.15, 0.2) is 42.5 Å². The summed E-state index contributed by atoms with van der Waals surface area (Å²) < 4.78 is 0. The molecule has 2 aromatic rings. The summed E-state index contributed by atoms with van der Waals surface area (Å²) in [6.45, 7) is 8.16. The Labute approximate surface area is 200 Å². The normalized spacial score (nSPS) is 15.3. The first-order valence-corrected chi connectivity index (χ1v) is 11.6. The summed E-state index contributed by atoms with van der Waals surface area (Å²) >= 11 is 0. The van der Waals surface area contributed by atoms with E-state index in [1.54, 1.807) is 11.8 Å². The number of hydrogen-bond donors (Lipinski definition) is 4. The summed E-state index contributed by atoms with van der Waals surface area (Å²) in [5, 5.41) is 33.1. The van der Waals surface area contributed by atoms with Crippen molar-refractivity contribution in [2.75, 3.05) is 32.7 Å². The summed E-state index contributed by atoms with van der Waals surface area (Å²) in [6, 6.07) is 12.0. The van der Waals surface area contributed by atoms with Gasteiger partial charge in [-0.3, -0.25) is 9.59 Å². The Kier molecular flexibility index (Phi) is 8.17. The second kappa shape index (κ2) is 10.9. The first-order valence-electron chi connectivity index (χ1n) is 11.6. The monoisotopic (exact) mass is 469 g/mol. The maximum atomic E-state index is 12.7. The van der Waals surface area contributed by atoms with Crippen LogP contribution in [0.4, 0.5) is 0 Å². The number of phenolic OH excluding ortho intramolecular Hbond substituents is 2. The fourth-order valence-corrected chi connectivity index (χ4v) is 4.28. The molecule has 0 radical (unpaired) electrons. The van der Waals surface area contributed by atoms with Gasteiger partial charge in [0.15, 0.2) is 0 Å². The fourth-order valence-electron chi connectivity index (χ4n) is 4.28. The van der Waals surface area contributed by atoms with E-state index >= 15 is 0 Å². The average Bonchev–Trinajstić information content (AvgIpc) is 2.77. The number of phenols is 2. The van der Waals surface area contributed by atoms with Crippen molar-refractivity contribution in [3.8, 4) is 11.5 Å². The zero-order valence-electron chi connectivity index (χ0n) is 20.1. The molecule has 2 aromatic carbocycles. The number of aromatic hydroxyl groups is 2. The quantitative estimate of drug-likeness (QED) is 0.470. The molecule has 0 aromatic heterocycles. The minimum Gasteiger partial charge on any atom is -0.508 e. The SMILES string of the molecule is CC(=O)N1CCN(C(=O)Cc2cccc(CC(C)(C)NCC(O)c3cc(O)cc(O)c3)c2)CC1. The summed E-state index contributed by atoms with van der Waals surface area (Å²) in [4.78, 5) is 27.8. The molecule has 0 saturated carbocycles. The Morgan fingerprint density at radius 1 is 0.971 bits per heavy atom. The van der Waals surface area contributed by atoms with Crippen molar-refractivity contribution in [2.45, 2.75) is 45.3 Å². The van der Waals surface area contributed by atoms with E-state index in [2.05, 4.69) is 5.32 Å². The largest absolute Gasteiger partial charge is 0.508 e. The molecule has 0 aliphatic carbocycles. The number of aliphatic hydroxyl groups is 1. The van der Waals surface area contributed by atoms with Crippen molar-refractivity contribution in [1.29, 1.82) is 0 Å². The van der Waals surface area contributed by atoms with Gasteiger partial charge in [-0.1, -0.05) is 24.3 Å². The molecule has 34 heavy (non-hydrogen) atoms. The Bertz CT molecular complexity index is 995. The van der Waals surface area contributed by atoms with E-state index in [0.717, 1.165) is 11.1 Å². The summed E-state index contributed by atoms with van der Waals surface area (Å²) in [5.41, 5.74) is 2.12. The topological polar surface area (TPSA) is 113 Å². The van der Waals surface area contributed by atoms with Gasteiger partial charge in [0.25, 0.3) is 0 Å². The van der Waals surface area contributed by atoms with Crippen molar-refractivity contribution in [2.24, 2.45) is 0 Å². The standard InChI is InChI=1S/C26H35N3O5/c1-18(30)28-7-9-29(10-8-28)25(34)12-19-5-4-6-20(11-19)16-26(2,3)27-17-24(33)21-13-22(31)15-23(32)14-21/h4-6,11,13-15,24,27,31-33H,7-10,12,16-17H2,1-3H3. The van der Waals surface area contributed by atoms with Gasteiger partial charge in [0.05, 0.1) is 12.5 Å². The first kappa shape index (κ1) is 25.5. The molecule has 1 saturated heterocycles. The van der Waals surface area contributed by atoms with Crippen molar-refractivity contribution in [3.63, 3.8) is 0 Å². The maximum absolute atomic E-state index is 12.7. The van der Waals surface area contributed by atoms with Crippen LogP contribution in [0.25, 0.3) is 0 Å². The number of piperazine rings is 1. The molecule has 1 unspecified atom stereocenters. The maximum Gasteiger partial charge on any atom is 0.227 e. The lowest BCUT2D eigenvalue weighted by Gasteiger charge is -2.34. The highest BCUT2D eigenvalue weighted by Crippen LogP contribution is 2.25. The van der Waals surface area contributed by atoms with Gasteiger partial charge < -0.3 is 30.4 Å². The molecule has 184 valence electrons. The third-order valence-corrected chi connectivity index (χ3v) is 6.15. The van der Waals surface area contributed by atoms with E-state index < -0.39 is 6.10 Å². The van der Waals surface area contributed by atoms with E-state index in [1.165, 1.54) is 18.2 Å². The van der Waals surface area contributed by atoms with Gasteiger partial charge in [-0.15, -0.1) is 0 Å². The minimum atomic E-state index is -0.885. The van der Waals surface area contributed by atoms with Crippen molar-refractivity contribution >= 4 is 11.8 Å². The van der Waals surface area contributed by atoms with E-state index in [9.17, 15) is 24.9 Å². The molecule has 3 rings (SSSR count). The number of rotatable bonds is 8. The summed E-state index contributed by atoms with van der Waals surface area (Å²) in [5.74, 6) is -0.0837. The summed E-state index contributed by atoms with van der Waals surface area (Å²) in [6.07, 6.45) is 0.121. The van der Waals surface area contributed by atoms with Gasteiger partial charge in [0, 0.05) is 51.3 Å². The number of amides is 2. The van der Waals surface area contributed by atoms with Gasteiger partial charge in [-0.25, -0.2) is 0 Å². The van der Waals surface area contributed by atoms with E-state index in [4.69, 9.17) is 0 Å². The summed E-state index contributed by atoms with van der Waals surface area (Å²) in [7, 11) is 0. The number of hydrogen-bond acceptors (Lipinski definition) is 6. The smallest absolute Gasteiger partial charge is 0.227 e. The molecule has 8 nitrogen and oxygen atoms in total. The Balaban J connectivity index is 1.54. The van der Waals surface area contributed by atoms with Gasteiger partial charge in [-0.2, -0.15) is 0 Å². The Hall–Kier alpha value is -3.10. The van der Waals surface area contributed by atoms with Gasteiger partial charge in [-0.05, 0) is 49.1 Å². The molecule has 1 atom stereocenters. The Morgan fingerprint density at radius 3 is 2.18 bits per heavy atom. The minimum absolute atomic E-state index is 0.0450. The van der Waals surface area contributed by atoms with Crippen LogP contribution < -0.4 is 5.32 Å². The van der Waals surface area contributed by atoms with Crippen LogP contribution in [0.2, 0.25) is 0 Å². The number of β-amino-alcohol motifs (C(OH)–C–C–N with tert-alkyl or cyclic N) is 1. The third kappa shape index (κ3) is 7.20. The molecule has 1 heterocycles. The number of nitrogens with zero attached hydrogens (tertiary/aromatic N) is 2. The zero-order valence-corrected chi connectivity index (χ0v) is 20.1. The van der Waals surface area contributed by atoms with Crippen LogP contribution in [0.5, 0.6) is 11.5 Å². The van der Waals surface area contributed by atoms with Crippen molar-refractivity contribution in [1.82, 2.24) is 15.1 Å². The number of aliphatic hydroxyl groups excluding tert-OH is 1. The Morgan fingerprint density at radius 2 is 1.56 bits per heavy atom. The van der Waals surface area contributed by atoms with E-state index in [-0.39, 0.29) is 35.4 Å². The van der Waals surface area contributed by atoms with Crippen LogP contribution in [0.3, 0.4) is 0 Å². The highest BCUT2D eigenvalue weighted by Gasteiger charge is 2.23. The molecule has 0 bridgehead atoms. The third-order valence-electron chi connectivity index (χ3n) is 6.15. The average molecular weight is 470 g/mol. The molecule has 1 aliphatic heterocycles. The van der Waals surface area contributed by atoms with Gasteiger partial charge in [0.1, 0.15) is 11.5 Å². The highest BCUT2D eigenvalue weighted by molar-refractivity contribution is 5.79. The predicted molar refractivity (Wildman–Crippen MR) is 129 cm³/mol. The lowest BCUT2D eigenvalue weighted by molar-refractivity contribution is -0.138. The van der Waals surface area contributed by atoms with Crippen LogP contribution in [-0.2, 0) is 22.4 Å².